The largest absolute Gasteiger partial charge is 0.352 e. The number of rotatable bonds is 7. The number of hydrogen-bond acceptors (Lipinski definition) is 3. The van der Waals surface area contributed by atoms with Crippen molar-refractivity contribution in [1.82, 2.24) is 15.5 Å². The number of aromatic nitrogens is 2. The molecule has 5 nitrogen and oxygen atoms in total. The van der Waals surface area contributed by atoms with E-state index in [0.717, 1.165) is 17.7 Å². The van der Waals surface area contributed by atoms with Gasteiger partial charge in [0.25, 0.3) is 0 Å². The SMILES string of the molecule is Cc1[nH]ncc1CNC(=O)CC(CN)CC(C)C. The van der Waals surface area contributed by atoms with Crippen molar-refractivity contribution < 1.29 is 4.79 Å². The molecule has 0 aliphatic rings. The van der Waals surface area contributed by atoms with Gasteiger partial charge in [0, 0.05) is 24.2 Å². The number of nitrogens with zero attached hydrogens (tertiary/aromatic N) is 1. The summed E-state index contributed by atoms with van der Waals surface area (Å²) in [5, 5.41) is 9.68. The monoisotopic (exact) mass is 252 g/mol. The number of aryl methyl sites for hydroxylation is 1. The maximum atomic E-state index is 11.8. The quantitative estimate of drug-likeness (QED) is 0.685. The molecule has 0 saturated heterocycles. The van der Waals surface area contributed by atoms with Crippen molar-refractivity contribution in [1.29, 1.82) is 0 Å². The Balaban J connectivity index is 2.34. The molecule has 1 amide bonds. The fourth-order valence-electron chi connectivity index (χ4n) is 2.01. The Morgan fingerprint density at radius 3 is 2.78 bits per heavy atom. The maximum absolute atomic E-state index is 11.8. The first-order valence-electron chi connectivity index (χ1n) is 6.48. The van der Waals surface area contributed by atoms with E-state index in [1.54, 1.807) is 6.20 Å². The summed E-state index contributed by atoms with van der Waals surface area (Å²) >= 11 is 0. The molecule has 1 unspecified atom stereocenters. The van der Waals surface area contributed by atoms with Crippen LogP contribution in [0.15, 0.2) is 6.20 Å². The lowest BCUT2D eigenvalue weighted by molar-refractivity contribution is -0.122. The molecule has 102 valence electrons. The van der Waals surface area contributed by atoms with E-state index in [1.807, 2.05) is 6.92 Å². The minimum absolute atomic E-state index is 0.0618. The molecule has 18 heavy (non-hydrogen) atoms. The minimum atomic E-state index is 0.0618. The average Bonchev–Trinajstić information content (AvgIpc) is 2.70. The van der Waals surface area contributed by atoms with Crippen molar-refractivity contribution in [2.75, 3.05) is 6.54 Å². The minimum Gasteiger partial charge on any atom is -0.352 e. The van der Waals surface area contributed by atoms with Crippen LogP contribution in [-0.4, -0.2) is 22.6 Å². The van der Waals surface area contributed by atoms with Crippen LogP contribution in [0.3, 0.4) is 0 Å². The van der Waals surface area contributed by atoms with Crippen LogP contribution in [0.5, 0.6) is 0 Å². The van der Waals surface area contributed by atoms with Gasteiger partial charge in [0.05, 0.1) is 6.20 Å². The fraction of sp³-hybridized carbons (Fsp3) is 0.692. The summed E-state index contributed by atoms with van der Waals surface area (Å²) in [4.78, 5) is 11.8. The number of carbonyl (C=O) groups is 1. The fourth-order valence-corrected chi connectivity index (χ4v) is 2.01. The van der Waals surface area contributed by atoms with E-state index in [-0.39, 0.29) is 11.8 Å². The average molecular weight is 252 g/mol. The maximum Gasteiger partial charge on any atom is 0.220 e. The van der Waals surface area contributed by atoms with Crippen molar-refractivity contribution in [2.24, 2.45) is 17.6 Å². The summed E-state index contributed by atoms with van der Waals surface area (Å²) in [7, 11) is 0. The zero-order chi connectivity index (χ0) is 13.5. The van der Waals surface area contributed by atoms with Gasteiger partial charge < -0.3 is 11.1 Å². The van der Waals surface area contributed by atoms with E-state index < -0.39 is 0 Å². The highest BCUT2D eigenvalue weighted by Gasteiger charge is 2.14. The summed E-state index contributed by atoms with van der Waals surface area (Å²) in [5.41, 5.74) is 7.71. The topological polar surface area (TPSA) is 83.8 Å². The van der Waals surface area contributed by atoms with Gasteiger partial charge in [-0.1, -0.05) is 13.8 Å². The van der Waals surface area contributed by atoms with Gasteiger partial charge in [0.2, 0.25) is 5.91 Å². The normalized spacial score (nSPS) is 12.7. The highest BCUT2D eigenvalue weighted by atomic mass is 16.1. The third-order valence-electron chi connectivity index (χ3n) is 3.02. The Bertz CT molecular complexity index is 373. The number of amides is 1. The Morgan fingerprint density at radius 2 is 2.28 bits per heavy atom. The summed E-state index contributed by atoms with van der Waals surface area (Å²) in [5.74, 6) is 0.907. The molecule has 0 radical (unpaired) electrons. The van der Waals surface area contributed by atoms with E-state index in [0.29, 0.717) is 25.4 Å². The predicted octanol–water partition coefficient (Wildman–Crippen LogP) is 1.35. The number of nitrogens with two attached hydrogens (primary N) is 1. The van der Waals surface area contributed by atoms with Gasteiger partial charge >= 0.3 is 0 Å². The number of hydrogen-bond donors (Lipinski definition) is 3. The zero-order valence-corrected chi connectivity index (χ0v) is 11.5. The molecule has 1 rings (SSSR count). The van der Waals surface area contributed by atoms with Gasteiger partial charge in [0.1, 0.15) is 0 Å². The lowest BCUT2D eigenvalue weighted by Crippen LogP contribution is -2.28. The van der Waals surface area contributed by atoms with Crippen LogP contribution in [0, 0.1) is 18.8 Å². The lowest BCUT2D eigenvalue weighted by Gasteiger charge is -2.16. The molecule has 0 aliphatic heterocycles. The predicted molar refractivity (Wildman–Crippen MR) is 71.8 cm³/mol. The van der Waals surface area contributed by atoms with Crippen LogP contribution in [-0.2, 0) is 11.3 Å². The molecular formula is C13H24N4O. The van der Waals surface area contributed by atoms with Crippen LogP contribution in [0.2, 0.25) is 0 Å². The van der Waals surface area contributed by atoms with E-state index in [2.05, 4.69) is 29.4 Å². The van der Waals surface area contributed by atoms with Crippen molar-refractivity contribution in [3.05, 3.63) is 17.5 Å². The highest BCUT2D eigenvalue weighted by molar-refractivity contribution is 5.76. The van der Waals surface area contributed by atoms with Crippen LogP contribution in [0.4, 0.5) is 0 Å². The van der Waals surface area contributed by atoms with Crippen LogP contribution in [0.25, 0.3) is 0 Å². The second-order valence-corrected chi connectivity index (χ2v) is 5.23. The van der Waals surface area contributed by atoms with Gasteiger partial charge in [-0.25, -0.2) is 0 Å². The standard InChI is InChI=1S/C13H24N4O/c1-9(2)4-11(6-14)5-13(18)15-7-12-8-16-17-10(12)3/h8-9,11H,4-7,14H2,1-3H3,(H,15,18)(H,16,17). The Kier molecular flexibility index (Phi) is 5.85. The van der Waals surface area contributed by atoms with Crippen LogP contribution < -0.4 is 11.1 Å². The Morgan fingerprint density at radius 1 is 1.56 bits per heavy atom. The van der Waals surface area contributed by atoms with Crippen molar-refractivity contribution >= 4 is 5.91 Å². The number of aromatic amines is 1. The van der Waals surface area contributed by atoms with E-state index >= 15 is 0 Å². The van der Waals surface area contributed by atoms with E-state index in [1.165, 1.54) is 0 Å². The molecule has 4 N–H and O–H groups in total. The molecule has 0 aromatic carbocycles. The number of carbonyl (C=O) groups excluding carboxylic acids is 1. The van der Waals surface area contributed by atoms with Gasteiger partial charge in [-0.2, -0.15) is 5.10 Å². The molecule has 1 heterocycles. The molecule has 1 aromatic rings. The van der Waals surface area contributed by atoms with Crippen molar-refractivity contribution in [3.8, 4) is 0 Å². The molecule has 1 atom stereocenters. The molecule has 0 bridgehead atoms. The summed E-state index contributed by atoms with van der Waals surface area (Å²) in [6, 6.07) is 0. The molecular weight excluding hydrogens is 228 g/mol. The third kappa shape index (κ3) is 4.87. The third-order valence-corrected chi connectivity index (χ3v) is 3.02. The highest BCUT2D eigenvalue weighted by Crippen LogP contribution is 2.14. The van der Waals surface area contributed by atoms with Gasteiger partial charge in [-0.15, -0.1) is 0 Å². The molecule has 0 spiro atoms. The van der Waals surface area contributed by atoms with Crippen molar-refractivity contribution in [3.63, 3.8) is 0 Å². The molecule has 1 aromatic heterocycles. The zero-order valence-electron chi connectivity index (χ0n) is 11.5. The Labute approximate surface area is 109 Å². The second-order valence-electron chi connectivity index (χ2n) is 5.23. The summed E-state index contributed by atoms with van der Waals surface area (Å²) in [6.07, 6.45) is 3.24. The van der Waals surface area contributed by atoms with E-state index in [4.69, 9.17) is 5.73 Å². The molecule has 0 aliphatic carbocycles. The summed E-state index contributed by atoms with van der Waals surface area (Å²) in [6.45, 7) is 7.33. The van der Waals surface area contributed by atoms with Gasteiger partial charge in [0.15, 0.2) is 0 Å². The van der Waals surface area contributed by atoms with Crippen LogP contribution >= 0.6 is 0 Å². The van der Waals surface area contributed by atoms with Crippen molar-refractivity contribution in [2.45, 2.75) is 40.2 Å². The first kappa shape index (κ1) is 14.7. The first-order valence-corrected chi connectivity index (χ1v) is 6.48. The summed E-state index contributed by atoms with van der Waals surface area (Å²) < 4.78 is 0. The number of H-pyrrole nitrogens is 1. The molecule has 0 fully saturated rings. The van der Waals surface area contributed by atoms with Gasteiger partial charge in [-0.3, -0.25) is 9.89 Å². The smallest absolute Gasteiger partial charge is 0.220 e. The second kappa shape index (κ2) is 7.16. The number of nitrogens with one attached hydrogen (secondary N) is 2. The van der Waals surface area contributed by atoms with E-state index in [9.17, 15) is 4.79 Å². The molecule has 5 heteroatoms. The van der Waals surface area contributed by atoms with Crippen LogP contribution in [0.1, 0.15) is 37.9 Å². The lowest BCUT2D eigenvalue weighted by atomic mass is 9.94. The molecule has 0 saturated carbocycles. The first-order chi connectivity index (χ1) is 8.52. The van der Waals surface area contributed by atoms with Gasteiger partial charge in [-0.05, 0) is 31.7 Å². The Hall–Kier alpha value is -1.36.